The monoisotopic (exact) mass is 259 g/mol. The van der Waals surface area contributed by atoms with Crippen LogP contribution in [0, 0.1) is 0 Å². The molecule has 0 amide bonds. The third kappa shape index (κ3) is 2.06. The Hall–Kier alpha value is -1.26. The Labute approximate surface area is 111 Å². The van der Waals surface area contributed by atoms with E-state index in [9.17, 15) is 0 Å². The molecule has 1 saturated carbocycles. The van der Waals surface area contributed by atoms with Crippen LogP contribution in [0.4, 0.5) is 0 Å². The van der Waals surface area contributed by atoms with Gasteiger partial charge in [0.2, 0.25) is 0 Å². The van der Waals surface area contributed by atoms with E-state index in [2.05, 4.69) is 45.8 Å². The van der Waals surface area contributed by atoms with Crippen LogP contribution in [-0.2, 0) is 11.8 Å². The average molecular weight is 259 g/mol. The van der Waals surface area contributed by atoms with Crippen LogP contribution in [-0.4, -0.2) is 23.8 Å². The molecule has 94 valence electrons. The maximum absolute atomic E-state index is 4.42. The van der Waals surface area contributed by atoms with E-state index in [1.165, 1.54) is 23.4 Å². The van der Waals surface area contributed by atoms with Gasteiger partial charge in [-0.3, -0.25) is 0 Å². The van der Waals surface area contributed by atoms with E-state index in [0.717, 1.165) is 18.0 Å². The van der Waals surface area contributed by atoms with Gasteiger partial charge in [0.25, 0.3) is 0 Å². The summed E-state index contributed by atoms with van der Waals surface area (Å²) in [5.41, 5.74) is 1.57. The van der Waals surface area contributed by atoms with Crippen LogP contribution >= 0.6 is 11.3 Å². The lowest BCUT2D eigenvalue weighted by molar-refractivity contribution is 0.767. The maximum Gasteiger partial charge on any atom is 0.128 e. The van der Waals surface area contributed by atoms with Gasteiger partial charge in [-0.05, 0) is 25.5 Å². The summed E-state index contributed by atoms with van der Waals surface area (Å²) in [4.78, 5) is 0. The van der Waals surface area contributed by atoms with E-state index in [1.807, 2.05) is 7.05 Å². The second kappa shape index (κ2) is 4.78. The number of nitrogens with one attached hydrogen (secondary N) is 1. The van der Waals surface area contributed by atoms with E-state index < -0.39 is 0 Å². The van der Waals surface area contributed by atoms with Crippen molar-refractivity contribution in [1.29, 1.82) is 0 Å². The molecule has 0 unspecified atom stereocenters. The molecule has 1 N–H and O–H groups in total. The summed E-state index contributed by atoms with van der Waals surface area (Å²) in [6.45, 7) is 0.965. The molecular weight excluding hydrogens is 242 g/mol. The number of hydrogen-bond donors (Lipinski definition) is 1. The summed E-state index contributed by atoms with van der Waals surface area (Å²) in [5, 5.41) is 14.2. The molecule has 0 spiro atoms. The van der Waals surface area contributed by atoms with Crippen LogP contribution in [0.5, 0.6) is 0 Å². The molecule has 3 nitrogen and oxygen atoms in total. The predicted octanol–water partition coefficient (Wildman–Crippen LogP) is 2.38. The molecule has 0 saturated heterocycles. The van der Waals surface area contributed by atoms with Crippen molar-refractivity contribution in [3.05, 3.63) is 45.9 Å². The Kier molecular flexibility index (Phi) is 3.14. The Bertz CT molecular complexity index is 517. The molecule has 1 aromatic carbocycles. The second-order valence-corrected chi connectivity index (χ2v) is 5.86. The van der Waals surface area contributed by atoms with Crippen molar-refractivity contribution >= 4 is 11.3 Å². The van der Waals surface area contributed by atoms with Crippen molar-refractivity contribution in [3.63, 3.8) is 0 Å². The largest absolute Gasteiger partial charge is 0.319 e. The van der Waals surface area contributed by atoms with E-state index in [4.69, 9.17) is 0 Å². The molecule has 1 aromatic heterocycles. The number of aromatic nitrogens is 2. The number of rotatable bonds is 5. The van der Waals surface area contributed by atoms with Crippen LogP contribution in [0.2, 0.25) is 0 Å². The van der Waals surface area contributed by atoms with Gasteiger partial charge in [-0.2, -0.15) is 0 Å². The number of nitrogens with zero attached hydrogens (tertiary/aromatic N) is 2. The van der Waals surface area contributed by atoms with Gasteiger partial charge >= 0.3 is 0 Å². The van der Waals surface area contributed by atoms with E-state index in [1.54, 1.807) is 11.3 Å². The molecule has 0 radical (unpaired) electrons. The fourth-order valence-corrected chi connectivity index (χ4v) is 3.40. The fourth-order valence-electron chi connectivity index (χ4n) is 2.29. The Morgan fingerprint density at radius 2 is 2.00 bits per heavy atom. The topological polar surface area (TPSA) is 37.8 Å². The van der Waals surface area contributed by atoms with E-state index in [0.29, 0.717) is 0 Å². The third-order valence-corrected chi connectivity index (χ3v) is 4.73. The molecular formula is C14H17N3S. The first-order chi connectivity index (χ1) is 8.85. The first-order valence-corrected chi connectivity index (χ1v) is 7.20. The highest BCUT2D eigenvalue weighted by Gasteiger charge is 2.48. The smallest absolute Gasteiger partial charge is 0.128 e. The summed E-state index contributed by atoms with van der Waals surface area (Å²) in [7, 11) is 1.97. The zero-order chi connectivity index (χ0) is 12.4. The van der Waals surface area contributed by atoms with Gasteiger partial charge in [-0.25, -0.2) is 0 Å². The first-order valence-electron chi connectivity index (χ1n) is 6.38. The maximum atomic E-state index is 4.42. The number of benzene rings is 1. The number of likely N-dealkylation sites (N-methyl/N-ethyl adjacent to an activating group) is 1. The minimum atomic E-state index is 0.177. The normalized spacial score (nSPS) is 16.7. The highest BCUT2D eigenvalue weighted by molar-refractivity contribution is 7.11. The second-order valence-electron chi connectivity index (χ2n) is 4.80. The van der Waals surface area contributed by atoms with Gasteiger partial charge in [-0.15, -0.1) is 21.5 Å². The van der Waals surface area contributed by atoms with Crippen molar-refractivity contribution in [2.24, 2.45) is 0 Å². The highest BCUT2D eigenvalue weighted by Crippen LogP contribution is 2.54. The van der Waals surface area contributed by atoms with Gasteiger partial charge in [-0.1, -0.05) is 30.3 Å². The summed E-state index contributed by atoms with van der Waals surface area (Å²) in [6, 6.07) is 10.7. The average Bonchev–Trinajstić information content (AvgIpc) is 3.10. The van der Waals surface area contributed by atoms with Crippen molar-refractivity contribution < 1.29 is 0 Å². The quantitative estimate of drug-likeness (QED) is 0.896. The molecule has 0 bridgehead atoms. The van der Waals surface area contributed by atoms with Crippen LogP contribution < -0.4 is 5.32 Å². The molecule has 1 aliphatic carbocycles. The summed E-state index contributed by atoms with van der Waals surface area (Å²) < 4.78 is 0. The lowest BCUT2D eigenvalue weighted by Crippen LogP contribution is -2.09. The van der Waals surface area contributed by atoms with Crippen molar-refractivity contribution in [2.45, 2.75) is 24.7 Å². The highest BCUT2D eigenvalue weighted by atomic mass is 32.1. The zero-order valence-electron chi connectivity index (χ0n) is 10.5. The molecule has 4 heteroatoms. The van der Waals surface area contributed by atoms with E-state index in [-0.39, 0.29) is 5.41 Å². The fraction of sp³-hybridized carbons (Fsp3) is 0.429. The summed E-state index contributed by atoms with van der Waals surface area (Å²) in [6.07, 6.45) is 3.38. The Balaban J connectivity index is 1.84. The molecule has 2 aromatic rings. The van der Waals surface area contributed by atoms with Gasteiger partial charge < -0.3 is 5.32 Å². The van der Waals surface area contributed by atoms with E-state index >= 15 is 0 Å². The van der Waals surface area contributed by atoms with Gasteiger partial charge in [0.1, 0.15) is 10.0 Å². The van der Waals surface area contributed by atoms with Gasteiger partial charge in [0.05, 0.1) is 0 Å². The first kappa shape index (κ1) is 11.8. The molecule has 18 heavy (non-hydrogen) atoms. The van der Waals surface area contributed by atoms with Gasteiger partial charge in [0.15, 0.2) is 0 Å². The summed E-state index contributed by atoms with van der Waals surface area (Å²) in [5.74, 6) is 0. The molecule has 1 heterocycles. The minimum absolute atomic E-state index is 0.177. The van der Waals surface area contributed by atoms with Crippen LogP contribution in [0.1, 0.15) is 28.4 Å². The molecule has 1 fully saturated rings. The molecule has 3 rings (SSSR count). The summed E-state index contributed by atoms with van der Waals surface area (Å²) >= 11 is 1.77. The van der Waals surface area contributed by atoms with Crippen molar-refractivity contribution in [1.82, 2.24) is 15.5 Å². The van der Waals surface area contributed by atoms with Crippen LogP contribution in [0.15, 0.2) is 30.3 Å². The SMILES string of the molecule is CNCCc1nnc(C2(c3ccccc3)CC2)s1. The minimum Gasteiger partial charge on any atom is -0.319 e. The lowest BCUT2D eigenvalue weighted by atomic mass is 9.97. The molecule has 1 aliphatic rings. The number of hydrogen-bond acceptors (Lipinski definition) is 4. The molecule has 0 aliphatic heterocycles. The van der Waals surface area contributed by atoms with Gasteiger partial charge in [0, 0.05) is 18.4 Å². The van der Waals surface area contributed by atoms with Crippen molar-refractivity contribution in [2.75, 3.05) is 13.6 Å². The Morgan fingerprint density at radius 1 is 1.22 bits per heavy atom. The standard InChI is InChI=1S/C14H17N3S/c1-15-10-7-12-16-17-13(18-12)14(8-9-14)11-5-3-2-4-6-11/h2-6,15H,7-10H2,1H3. The van der Waals surface area contributed by atoms with Crippen LogP contribution in [0.3, 0.4) is 0 Å². The van der Waals surface area contributed by atoms with Crippen molar-refractivity contribution in [3.8, 4) is 0 Å². The lowest BCUT2D eigenvalue weighted by Gasteiger charge is -2.11. The molecule has 0 atom stereocenters. The zero-order valence-corrected chi connectivity index (χ0v) is 11.3. The van der Waals surface area contributed by atoms with Crippen LogP contribution in [0.25, 0.3) is 0 Å². The third-order valence-electron chi connectivity index (χ3n) is 3.54. The predicted molar refractivity (Wildman–Crippen MR) is 74.0 cm³/mol. The Morgan fingerprint density at radius 3 is 2.67 bits per heavy atom.